The van der Waals surface area contributed by atoms with Gasteiger partial charge in [0, 0.05) is 51.4 Å². The molecule has 290 valence electrons. The number of ketones is 1. The van der Waals surface area contributed by atoms with Crippen LogP contribution in [0.15, 0.2) is 48.5 Å². The molecule has 0 saturated carbocycles. The van der Waals surface area contributed by atoms with Gasteiger partial charge in [-0.3, -0.25) is 9.59 Å². The Morgan fingerprint density at radius 3 is 2.57 bits per heavy atom. The molecule has 0 unspecified atom stereocenters. The van der Waals surface area contributed by atoms with E-state index in [2.05, 4.69) is 29.8 Å². The number of benzene rings is 2. The van der Waals surface area contributed by atoms with E-state index in [0.717, 1.165) is 24.0 Å². The average Bonchev–Trinajstić information content (AvgIpc) is 3.62. The molecule has 0 aliphatic carbocycles. The fourth-order valence-corrected chi connectivity index (χ4v) is 6.83. The summed E-state index contributed by atoms with van der Waals surface area (Å²) in [6.45, 7) is 4.89. The van der Waals surface area contributed by atoms with Gasteiger partial charge in [-0.05, 0) is 49.7 Å². The van der Waals surface area contributed by atoms with Crippen molar-refractivity contribution in [3.63, 3.8) is 0 Å². The first-order chi connectivity index (χ1) is 25.6. The second kappa shape index (κ2) is 19.6. The van der Waals surface area contributed by atoms with Crippen molar-refractivity contribution < 1.29 is 52.3 Å². The summed E-state index contributed by atoms with van der Waals surface area (Å²) in [5.74, 6) is 0.00676. The molecule has 2 aromatic rings. The molecule has 0 bridgehead atoms. The molecular weight excluding hydrogens is 686 g/mol. The third-order valence-corrected chi connectivity index (χ3v) is 9.46. The van der Waals surface area contributed by atoms with Gasteiger partial charge in [-0.1, -0.05) is 56.3 Å². The van der Waals surface area contributed by atoms with Crippen LogP contribution in [0.25, 0.3) is 0 Å². The molecule has 0 radical (unpaired) electrons. The SMILES string of the molecule is COCC(=O)[C@H](Cc1ccccc1)NC(=O)CC[C@@H]1C[C@@H](OC(=O)NCc2cccc3c2OCO3)C[C@@]2(CCC[C@H](COC(=O)NCCC(C)C)O2)O1. The Bertz CT molecular complexity index is 1520. The Balaban J connectivity index is 1.21. The first kappa shape index (κ1) is 39.8. The van der Waals surface area contributed by atoms with E-state index < -0.39 is 42.3 Å². The zero-order valence-corrected chi connectivity index (χ0v) is 30.9. The number of rotatable bonds is 17. The van der Waals surface area contributed by atoms with Crippen LogP contribution in [0.2, 0.25) is 0 Å². The quantitative estimate of drug-likeness (QED) is 0.201. The topological polar surface area (TPSA) is 169 Å². The second-order valence-corrected chi connectivity index (χ2v) is 14.2. The van der Waals surface area contributed by atoms with Crippen molar-refractivity contribution in [1.82, 2.24) is 16.0 Å². The lowest BCUT2D eigenvalue weighted by molar-refractivity contribution is -0.329. The largest absolute Gasteiger partial charge is 0.454 e. The van der Waals surface area contributed by atoms with E-state index in [1.807, 2.05) is 42.5 Å². The number of Topliss-reactive ketones (excluding diaryl/α,β-unsaturated/α-hetero) is 1. The fourth-order valence-electron chi connectivity index (χ4n) is 6.83. The molecule has 14 nitrogen and oxygen atoms in total. The van der Waals surface area contributed by atoms with E-state index in [-0.39, 0.29) is 51.1 Å². The van der Waals surface area contributed by atoms with Gasteiger partial charge in [0.25, 0.3) is 0 Å². The molecule has 0 aromatic heterocycles. The fraction of sp³-hybridized carbons (Fsp3) is 0.590. The number of nitrogens with one attached hydrogen (secondary N) is 3. The normalized spacial score (nSPS) is 22.5. The van der Waals surface area contributed by atoms with E-state index in [0.29, 0.717) is 56.1 Å². The summed E-state index contributed by atoms with van der Waals surface area (Å²) in [4.78, 5) is 51.6. The lowest BCUT2D eigenvalue weighted by atomic mass is 9.90. The van der Waals surface area contributed by atoms with Crippen LogP contribution in [0.1, 0.15) is 76.3 Å². The monoisotopic (exact) mass is 739 g/mol. The van der Waals surface area contributed by atoms with Gasteiger partial charge in [0.2, 0.25) is 12.7 Å². The maximum absolute atomic E-state index is 13.3. The summed E-state index contributed by atoms with van der Waals surface area (Å²) in [6.07, 6.45) is 1.42. The summed E-state index contributed by atoms with van der Waals surface area (Å²) in [6, 6.07) is 14.2. The first-order valence-electron chi connectivity index (χ1n) is 18.5. The van der Waals surface area contributed by atoms with E-state index >= 15 is 0 Å². The summed E-state index contributed by atoms with van der Waals surface area (Å²) < 4.78 is 40.6. The highest BCUT2D eigenvalue weighted by Crippen LogP contribution is 2.41. The summed E-state index contributed by atoms with van der Waals surface area (Å²) >= 11 is 0. The minimum Gasteiger partial charge on any atom is -0.454 e. The maximum atomic E-state index is 13.3. The van der Waals surface area contributed by atoms with Crippen LogP contribution in [0.5, 0.6) is 11.5 Å². The Kier molecular flexibility index (Phi) is 14.7. The molecule has 2 aromatic carbocycles. The second-order valence-electron chi connectivity index (χ2n) is 14.2. The number of alkyl carbamates (subject to hydrolysis) is 2. The van der Waals surface area contributed by atoms with Gasteiger partial charge in [0.15, 0.2) is 23.1 Å². The molecule has 2 saturated heterocycles. The smallest absolute Gasteiger partial charge is 0.407 e. The third-order valence-electron chi connectivity index (χ3n) is 9.46. The minimum absolute atomic E-state index is 0.0448. The summed E-state index contributed by atoms with van der Waals surface area (Å²) in [5, 5.41) is 8.47. The number of ether oxygens (including phenoxy) is 7. The molecule has 5 atom stereocenters. The van der Waals surface area contributed by atoms with Crippen molar-refractivity contribution >= 4 is 23.9 Å². The van der Waals surface area contributed by atoms with Crippen LogP contribution in [-0.2, 0) is 46.2 Å². The molecular formula is C39H53N3O11. The Morgan fingerprint density at radius 1 is 0.962 bits per heavy atom. The van der Waals surface area contributed by atoms with Crippen LogP contribution in [-0.4, -0.2) is 87.7 Å². The Morgan fingerprint density at radius 2 is 1.77 bits per heavy atom. The van der Waals surface area contributed by atoms with Crippen molar-refractivity contribution in [2.24, 2.45) is 5.92 Å². The van der Waals surface area contributed by atoms with Gasteiger partial charge < -0.3 is 49.1 Å². The molecule has 14 heteroatoms. The van der Waals surface area contributed by atoms with Crippen molar-refractivity contribution in [2.75, 3.05) is 33.7 Å². The Hall–Kier alpha value is -4.40. The predicted molar refractivity (Wildman–Crippen MR) is 192 cm³/mol. The lowest BCUT2D eigenvalue weighted by Gasteiger charge is -2.47. The summed E-state index contributed by atoms with van der Waals surface area (Å²) in [7, 11) is 1.44. The molecule has 1 spiro atoms. The van der Waals surface area contributed by atoms with Crippen LogP contribution >= 0.6 is 0 Å². The standard InChI is InChI=1S/C39H53N3O11/c1-26(2)16-18-40-37(45)48-23-30-12-8-17-39(53-30)21-31(51-38(46)41-22-28-11-7-13-34-36(28)50-25-49-34)20-29(52-39)14-15-35(44)42-32(33(43)24-47-3)19-27-9-5-4-6-10-27/h4-7,9-11,13,26,29-32H,8,12,14-25H2,1-3H3,(H,40,45)(H,41,46)(H,42,44)/t29-,30-,31-,32+,39+/m1/s1. The molecule has 5 rings (SSSR count). The Labute approximate surface area is 310 Å². The van der Waals surface area contributed by atoms with Gasteiger partial charge in [0.1, 0.15) is 19.3 Å². The highest BCUT2D eigenvalue weighted by atomic mass is 16.7. The van der Waals surface area contributed by atoms with E-state index in [9.17, 15) is 19.2 Å². The minimum atomic E-state index is -1.11. The number of hydrogen-bond acceptors (Lipinski definition) is 11. The number of methoxy groups -OCH3 is 1. The molecule has 3 amide bonds. The number of amides is 3. The molecule has 3 aliphatic heterocycles. The number of fused-ring (bicyclic) bond motifs is 1. The van der Waals surface area contributed by atoms with E-state index in [1.165, 1.54) is 7.11 Å². The van der Waals surface area contributed by atoms with Crippen LogP contribution in [0.3, 0.4) is 0 Å². The van der Waals surface area contributed by atoms with Crippen molar-refractivity contribution in [1.29, 1.82) is 0 Å². The average molecular weight is 740 g/mol. The molecule has 3 aliphatic rings. The number of carbonyl (C=O) groups excluding carboxylic acids is 4. The van der Waals surface area contributed by atoms with Crippen molar-refractivity contribution in [2.45, 2.75) is 108 Å². The van der Waals surface area contributed by atoms with Crippen LogP contribution in [0.4, 0.5) is 9.59 Å². The van der Waals surface area contributed by atoms with E-state index in [1.54, 1.807) is 6.07 Å². The van der Waals surface area contributed by atoms with Crippen LogP contribution < -0.4 is 25.4 Å². The zero-order chi connectivity index (χ0) is 37.6. The lowest BCUT2D eigenvalue weighted by Crippen LogP contribution is -2.54. The van der Waals surface area contributed by atoms with Gasteiger partial charge in [-0.25, -0.2) is 9.59 Å². The van der Waals surface area contributed by atoms with Crippen molar-refractivity contribution in [3.05, 3.63) is 59.7 Å². The van der Waals surface area contributed by atoms with Crippen LogP contribution in [0, 0.1) is 5.92 Å². The molecule has 53 heavy (non-hydrogen) atoms. The van der Waals surface area contributed by atoms with Gasteiger partial charge in [-0.2, -0.15) is 0 Å². The van der Waals surface area contributed by atoms with E-state index in [4.69, 9.17) is 33.2 Å². The zero-order valence-electron chi connectivity index (χ0n) is 30.9. The third kappa shape index (κ3) is 12.3. The predicted octanol–water partition coefficient (Wildman–Crippen LogP) is 4.95. The molecule has 2 fully saturated rings. The number of hydrogen-bond donors (Lipinski definition) is 3. The summed E-state index contributed by atoms with van der Waals surface area (Å²) in [5.41, 5.74) is 1.67. The molecule has 3 heterocycles. The van der Waals surface area contributed by atoms with Gasteiger partial charge in [0.05, 0.1) is 18.2 Å². The van der Waals surface area contributed by atoms with Gasteiger partial charge >= 0.3 is 12.2 Å². The maximum Gasteiger partial charge on any atom is 0.407 e. The molecule has 3 N–H and O–H groups in total. The highest BCUT2D eigenvalue weighted by Gasteiger charge is 2.47. The highest BCUT2D eigenvalue weighted by molar-refractivity contribution is 5.90. The number of para-hydroxylation sites is 1. The first-order valence-corrected chi connectivity index (χ1v) is 18.5. The number of carbonyl (C=O) groups is 4. The van der Waals surface area contributed by atoms with Gasteiger partial charge in [-0.15, -0.1) is 0 Å². The van der Waals surface area contributed by atoms with Crippen molar-refractivity contribution in [3.8, 4) is 11.5 Å².